The molecule has 4 rings (SSSR count). The summed E-state index contributed by atoms with van der Waals surface area (Å²) in [5.41, 5.74) is 3.22. The van der Waals surface area contributed by atoms with Gasteiger partial charge in [-0.05, 0) is 60.7 Å². The first-order valence-corrected chi connectivity index (χ1v) is 13.5. The number of nitro groups is 1. The molecule has 0 amide bonds. The van der Waals surface area contributed by atoms with Crippen molar-refractivity contribution in [3.05, 3.63) is 82.9 Å². The molecule has 0 saturated heterocycles. The lowest BCUT2D eigenvalue weighted by Crippen LogP contribution is -2.26. The molecule has 1 aromatic heterocycles. The van der Waals surface area contributed by atoms with Crippen molar-refractivity contribution >= 4 is 27.5 Å². The fourth-order valence-corrected chi connectivity index (χ4v) is 5.39. The third-order valence-corrected chi connectivity index (χ3v) is 7.77. The third-order valence-electron chi connectivity index (χ3n) is 5.41. The first-order chi connectivity index (χ1) is 17.8. The number of nitrogens with one attached hydrogen (secondary N) is 2. The maximum absolute atomic E-state index is 12.5. The fourth-order valence-electron chi connectivity index (χ4n) is 3.50. The molecule has 0 fully saturated rings. The van der Waals surface area contributed by atoms with Gasteiger partial charge in [0.15, 0.2) is 5.16 Å². The van der Waals surface area contributed by atoms with Crippen LogP contribution in [0.1, 0.15) is 0 Å². The van der Waals surface area contributed by atoms with Crippen molar-refractivity contribution < 1.29 is 22.8 Å². The lowest BCUT2D eigenvalue weighted by molar-refractivity contribution is -0.384. The minimum Gasteiger partial charge on any atom is -0.497 e. The number of ether oxygens (including phenoxy) is 2. The fraction of sp³-hybridized carbons (Fsp3) is 0.160. The summed E-state index contributed by atoms with van der Waals surface area (Å²) in [5.74, 6) is 1.88. The number of nitro benzene ring substituents is 1. The lowest BCUT2D eigenvalue weighted by Gasteiger charge is -2.06. The van der Waals surface area contributed by atoms with Crippen molar-refractivity contribution in [1.29, 1.82) is 0 Å². The number of thioether (sulfide) groups is 1. The highest BCUT2D eigenvalue weighted by atomic mass is 32.2. The second kappa shape index (κ2) is 11.5. The normalized spacial score (nSPS) is 11.3. The van der Waals surface area contributed by atoms with Crippen molar-refractivity contribution in [3.8, 4) is 34.0 Å². The molecular formula is C25H24N4O6S2. The van der Waals surface area contributed by atoms with E-state index >= 15 is 0 Å². The number of H-pyrrole nitrogens is 1. The highest BCUT2D eigenvalue weighted by Gasteiger charge is 2.17. The van der Waals surface area contributed by atoms with E-state index < -0.39 is 14.9 Å². The molecule has 0 aliphatic heterocycles. The van der Waals surface area contributed by atoms with Crippen molar-refractivity contribution in [2.75, 3.05) is 26.5 Å². The Morgan fingerprint density at radius 3 is 2.03 bits per heavy atom. The summed E-state index contributed by atoms with van der Waals surface area (Å²) in [6.07, 6.45) is 0. The van der Waals surface area contributed by atoms with Crippen molar-refractivity contribution in [1.82, 2.24) is 14.7 Å². The second-order valence-corrected chi connectivity index (χ2v) is 10.6. The average molecular weight is 541 g/mol. The topological polar surface area (TPSA) is 136 Å². The van der Waals surface area contributed by atoms with E-state index in [9.17, 15) is 18.5 Å². The number of nitrogens with zero attached hydrogens (tertiary/aromatic N) is 2. The summed E-state index contributed by atoms with van der Waals surface area (Å²) >= 11 is 1.37. The number of methoxy groups -OCH3 is 2. The standard InChI is InChI=1S/C25H24N4O6S2/c1-34-20-9-3-17(4-10-20)23-24(18-5-11-21(35-2)12-6-18)28-25(27-23)36-16-15-26-37(32,33)22-13-7-19(8-14-22)29(30)31/h3-14,26H,15-16H2,1-2H3,(H,27,28). The van der Waals surface area contributed by atoms with Crippen LogP contribution in [0, 0.1) is 10.1 Å². The van der Waals surface area contributed by atoms with Crippen LogP contribution in [0.5, 0.6) is 11.5 Å². The zero-order chi connectivity index (χ0) is 26.4. The number of benzene rings is 3. The Hall–Kier alpha value is -3.87. The molecule has 192 valence electrons. The SMILES string of the molecule is COc1ccc(-c2nc(SCCNS(=O)(=O)c3ccc([N+](=O)[O-])cc3)[nH]c2-c2ccc(OC)cc2)cc1. The smallest absolute Gasteiger partial charge is 0.269 e. The number of sulfonamides is 1. The van der Waals surface area contributed by atoms with Crippen LogP contribution in [0.4, 0.5) is 5.69 Å². The molecular weight excluding hydrogens is 516 g/mol. The summed E-state index contributed by atoms with van der Waals surface area (Å²) in [6.45, 7) is 0.139. The number of non-ortho nitro benzene ring substituents is 1. The van der Waals surface area contributed by atoms with Crippen molar-refractivity contribution in [2.45, 2.75) is 10.1 Å². The van der Waals surface area contributed by atoms with Crippen LogP contribution >= 0.6 is 11.8 Å². The Morgan fingerprint density at radius 2 is 1.49 bits per heavy atom. The molecule has 10 nitrogen and oxygen atoms in total. The van der Waals surface area contributed by atoms with Gasteiger partial charge in [0.05, 0.1) is 35.4 Å². The van der Waals surface area contributed by atoms with Crippen molar-refractivity contribution in [2.24, 2.45) is 0 Å². The zero-order valence-corrected chi connectivity index (χ0v) is 21.6. The van der Waals surface area contributed by atoms with Crippen LogP contribution in [0.3, 0.4) is 0 Å². The van der Waals surface area contributed by atoms with Crippen LogP contribution in [0.25, 0.3) is 22.5 Å². The highest BCUT2D eigenvalue weighted by molar-refractivity contribution is 7.99. The minimum absolute atomic E-state index is 0.0373. The Balaban J connectivity index is 1.49. The molecule has 0 aliphatic rings. The van der Waals surface area contributed by atoms with E-state index in [1.54, 1.807) is 14.2 Å². The predicted molar refractivity (Wildman–Crippen MR) is 142 cm³/mol. The minimum atomic E-state index is -3.80. The number of imidazole rings is 1. The van der Waals surface area contributed by atoms with Gasteiger partial charge >= 0.3 is 0 Å². The van der Waals surface area contributed by atoms with E-state index in [2.05, 4.69) is 9.71 Å². The number of aromatic nitrogens is 2. The summed E-state index contributed by atoms with van der Waals surface area (Å²) < 4.78 is 38.1. The predicted octanol–water partition coefficient (Wildman–Crippen LogP) is 4.74. The second-order valence-electron chi connectivity index (χ2n) is 7.72. The van der Waals surface area contributed by atoms with E-state index in [0.717, 1.165) is 46.1 Å². The monoisotopic (exact) mass is 540 g/mol. The van der Waals surface area contributed by atoms with Gasteiger partial charge in [-0.2, -0.15) is 0 Å². The molecule has 0 unspecified atom stereocenters. The van der Waals surface area contributed by atoms with E-state index in [-0.39, 0.29) is 17.1 Å². The van der Waals surface area contributed by atoms with Gasteiger partial charge in [0.2, 0.25) is 10.0 Å². The van der Waals surface area contributed by atoms with Crippen LogP contribution in [0.2, 0.25) is 0 Å². The summed E-state index contributed by atoms with van der Waals surface area (Å²) in [4.78, 5) is 18.3. The van der Waals surface area contributed by atoms with Gasteiger partial charge in [0.25, 0.3) is 5.69 Å². The largest absolute Gasteiger partial charge is 0.497 e. The van der Waals surface area contributed by atoms with E-state index in [1.165, 1.54) is 23.9 Å². The first-order valence-electron chi connectivity index (χ1n) is 11.1. The molecule has 0 spiro atoms. The molecule has 0 radical (unpaired) electrons. The molecule has 0 saturated carbocycles. The molecule has 12 heteroatoms. The number of hydrogen-bond donors (Lipinski definition) is 2. The molecule has 2 N–H and O–H groups in total. The Kier molecular flexibility index (Phi) is 8.11. The van der Waals surface area contributed by atoms with Crippen molar-refractivity contribution in [3.63, 3.8) is 0 Å². The maximum atomic E-state index is 12.5. The number of aromatic amines is 1. The average Bonchev–Trinajstić information content (AvgIpc) is 3.35. The van der Waals surface area contributed by atoms with E-state index in [1.807, 2.05) is 48.5 Å². The molecule has 0 bridgehead atoms. The van der Waals surface area contributed by atoms with Gasteiger partial charge in [-0.25, -0.2) is 18.1 Å². The zero-order valence-electron chi connectivity index (χ0n) is 20.0. The molecule has 0 atom stereocenters. The molecule has 3 aromatic carbocycles. The highest BCUT2D eigenvalue weighted by Crippen LogP contribution is 2.34. The molecule has 4 aromatic rings. The summed E-state index contributed by atoms with van der Waals surface area (Å²) in [6, 6.07) is 19.9. The summed E-state index contributed by atoms with van der Waals surface area (Å²) in [7, 11) is -0.582. The maximum Gasteiger partial charge on any atom is 0.269 e. The van der Waals surface area contributed by atoms with Gasteiger partial charge in [0.1, 0.15) is 11.5 Å². The Bertz CT molecular complexity index is 1400. The van der Waals surface area contributed by atoms with Gasteiger partial charge in [-0.15, -0.1) is 0 Å². The van der Waals surface area contributed by atoms with E-state index in [0.29, 0.717) is 10.9 Å². The Morgan fingerprint density at radius 1 is 0.919 bits per heavy atom. The lowest BCUT2D eigenvalue weighted by atomic mass is 10.0. The van der Waals surface area contributed by atoms with Gasteiger partial charge in [0, 0.05) is 35.6 Å². The van der Waals surface area contributed by atoms with Crippen LogP contribution in [-0.2, 0) is 10.0 Å². The van der Waals surface area contributed by atoms with Crippen LogP contribution < -0.4 is 14.2 Å². The van der Waals surface area contributed by atoms with Crippen LogP contribution in [-0.4, -0.2) is 49.8 Å². The third kappa shape index (κ3) is 6.28. The molecule has 1 heterocycles. The van der Waals surface area contributed by atoms with Gasteiger partial charge in [-0.3, -0.25) is 10.1 Å². The molecule has 37 heavy (non-hydrogen) atoms. The molecule has 0 aliphatic carbocycles. The Labute approximate surface area is 218 Å². The quantitative estimate of drug-likeness (QED) is 0.120. The summed E-state index contributed by atoms with van der Waals surface area (Å²) in [5, 5.41) is 11.4. The van der Waals surface area contributed by atoms with Gasteiger partial charge < -0.3 is 14.5 Å². The number of hydrogen-bond acceptors (Lipinski definition) is 8. The first kappa shape index (κ1) is 26.2. The van der Waals surface area contributed by atoms with Crippen LogP contribution in [0.15, 0.2) is 82.8 Å². The van der Waals surface area contributed by atoms with Gasteiger partial charge in [-0.1, -0.05) is 11.8 Å². The number of rotatable bonds is 11. The van der Waals surface area contributed by atoms with E-state index in [4.69, 9.17) is 14.5 Å².